The van der Waals surface area contributed by atoms with E-state index in [0.29, 0.717) is 17.0 Å². The van der Waals surface area contributed by atoms with Crippen molar-refractivity contribution in [2.45, 2.75) is 11.9 Å². The lowest BCUT2D eigenvalue weighted by Crippen LogP contribution is -2.13. The molecule has 1 N–H and O–H groups in total. The minimum atomic E-state index is -0.453. The highest BCUT2D eigenvalue weighted by Gasteiger charge is 2.08. The number of hydrogen-bond donors (Lipinski definition) is 1. The highest BCUT2D eigenvalue weighted by Crippen LogP contribution is 2.18. The first-order valence-corrected chi connectivity index (χ1v) is 8.31. The van der Waals surface area contributed by atoms with Crippen molar-refractivity contribution >= 4 is 29.3 Å². The van der Waals surface area contributed by atoms with Gasteiger partial charge in [-0.15, -0.1) is 11.8 Å². The van der Waals surface area contributed by atoms with E-state index in [-0.39, 0.29) is 12.5 Å². The number of carbonyl (C=O) groups excluding carboxylic acids is 2. The Balaban J connectivity index is 1.96. The van der Waals surface area contributed by atoms with Crippen molar-refractivity contribution in [3.63, 3.8) is 0 Å². The van der Waals surface area contributed by atoms with Gasteiger partial charge in [-0.05, 0) is 42.2 Å². The van der Waals surface area contributed by atoms with E-state index >= 15 is 0 Å². The molecule has 0 fully saturated rings. The van der Waals surface area contributed by atoms with E-state index in [0.717, 1.165) is 10.8 Å². The Morgan fingerprint density at radius 3 is 2.62 bits per heavy atom. The molecule has 0 saturated heterocycles. The number of carbonyl (C=O) groups is 2. The molecule has 0 aliphatic heterocycles. The number of nitrogens with one attached hydrogen (secondary N) is 1. The number of benzene rings is 1. The lowest BCUT2D eigenvalue weighted by molar-refractivity contribution is -0.142. The highest BCUT2D eigenvalue weighted by molar-refractivity contribution is 7.99. The smallest absolute Gasteiger partial charge is 0.343 e. The van der Waals surface area contributed by atoms with Crippen molar-refractivity contribution in [3.8, 4) is 5.75 Å². The average Bonchev–Trinajstić information content (AvgIpc) is 2.61. The molecule has 0 radical (unpaired) electrons. The van der Waals surface area contributed by atoms with Crippen LogP contribution in [0, 0.1) is 0 Å². The van der Waals surface area contributed by atoms with E-state index in [9.17, 15) is 9.59 Å². The molecule has 7 heteroatoms. The number of thioether (sulfide) groups is 1. The topological polar surface area (TPSA) is 77.5 Å². The van der Waals surface area contributed by atoms with Gasteiger partial charge in [0.2, 0.25) is 0 Å². The van der Waals surface area contributed by atoms with Gasteiger partial charge in [-0.1, -0.05) is 6.92 Å². The monoisotopic (exact) mass is 346 g/mol. The van der Waals surface area contributed by atoms with Gasteiger partial charge < -0.3 is 14.8 Å². The molecule has 1 amide bonds. The zero-order valence-corrected chi connectivity index (χ0v) is 14.3. The summed E-state index contributed by atoms with van der Waals surface area (Å²) in [7, 11) is 1.30. The molecule has 0 unspecified atom stereocenters. The third kappa shape index (κ3) is 5.27. The van der Waals surface area contributed by atoms with Crippen LogP contribution in [0.4, 0.5) is 5.69 Å². The van der Waals surface area contributed by atoms with E-state index in [1.807, 2.05) is 6.92 Å². The molecule has 126 valence electrons. The van der Waals surface area contributed by atoms with Crippen molar-refractivity contribution in [1.29, 1.82) is 0 Å². The number of ether oxygens (including phenoxy) is 2. The molecule has 0 saturated carbocycles. The number of hydrogen-bond acceptors (Lipinski definition) is 6. The Labute approximate surface area is 144 Å². The predicted molar refractivity (Wildman–Crippen MR) is 92.5 cm³/mol. The summed E-state index contributed by atoms with van der Waals surface area (Å²) in [6.07, 6.45) is 1.62. The quantitative estimate of drug-likeness (QED) is 0.613. The van der Waals surface area contributed by atoms with Gasteiger partial charge in [0.15, 0.2) is 6.61 Å². The molecule has 6 nitrogen and oxygen atoms in total. The van der Waals surface area contributed by atoms with Gasteiger partial charge in [-0.3, -0.25) is 4.79 Å². The summed E-state index contributed by atoms with van der Waals surface area (Å²) in [4.78, 5) is 27.5. The van der Waals surface area contributed by atoms with Crippen LogP contribution in [0.3, 0.4) is 0 Å². The zero-order chi connectivity index (χ0) is 17.4. The number of anilines is 1. The molecule has 0 aliphatic carbocycles. The third-order valence-corrected chi connectivity index (χ3v) is 3.79. The zero-order valence-electron chi connectivity index (χ0n) is 13.4. The average molecular weight is 346 g/mol. The normalized spacial score (nSPS) is 10.1. The van der Waals surface area contributed by atoms with Gasteiger partial charge in [0.25, 0.3) is 5.91 Å². The molecule has 0 spiro atoms. The summed E-state index contributed by atoms with van der Waals surface area (Å²) in [5, 5.41) is 3.62. The minimum Gasteiger partial charge on any atom is -0.482 e. The molecule has 1 aromatic heterocycles. The van der Waals surface area contributed by atoms with Gasteiger partial charge in [-0.2, -0.15) is 0 Å². The van der Waals surface area contributed by atoms with Gasteiger partial charge in [0.05, 0.1) is 12.1 Å². The Bertz CT molecular complexity index is 704. The minimum absolute atomic E-state index is 0.156. The van der Waals surface area contributed by atoms with Crippen molar-refractivity contribution in [1.82, 2.24) is 4.98 Å². The molecule has 24 heavy (non-hydrogen) atoms. The number of nitrogens with zero attached hydrogens (tertiary/aromatic N) is 1. The molecule has 0 aliphatic rings. The maximum atomic E-state index is 12.3. The number of amides is 1. The standard InChI is InChI=1S/C17H18N2O4S/c1-3-24-15-10-12(8-9-18-15)17(21)19-13-4-6-14(7-5-13)23-11-16(20)22-2/h4-10H,3,11H2,1-2H3,(H,19,21). The summed E-state index contributed by atoms with van der Waals surface area (Å²) in [6, 6.07) is 10.2. The van der Waals surface area contributed by atoms with Crippen molar-refractivity contribution < 1.29 is 19.1 Å². The number of methoxy groups -OCH3 is 1. The number of esters is 1. The largest absolute Gasteiger partial charge is 0.482 e. The van der Waals surface area contributed by atoms with Crippen LogP contribution in [0.25, 0.3) is 0 Å². The molecule has 0 atom stereocenters. The van der Waals surface area contributed by atoms with Gasteiger partial charge in [0.1, 0.15) is 5.75 Å². The van der Waals surface area contributed by atoms with Crippen LogP contribution >= 0.6 is 11.8 Å². The van der Waals surface area contributed by atoms with Crippen LogP contribution in [0.2, 0.25) is 0 Å². The molecule has 0 bridgehead atoms. The van der Waals surface area contributed by atoms with Crippen LogP contribution < -0.4 is 10.1 Å². The fourth-order valence-electron chi connectivity index (χ4n) is 1.82. The van der Waals surface area contributed by atoms with Gasteiger partial charge >= 0.3 is 5.97 Å². The fourth-order valence-corrected chi connectivity index (χ4v) is 2.46. The Morgan fingerprint density at radius 1 is 1.21 bits per heavy atom. The first kappa shape index (κ1) is 17.8. The summed E-state index contributed by atoms with van der Waals surface area (Å²) in [5.74, 6) is 0.749. The molecule has 2 aromatic rings. The number of rotatable bonds is 7. The maximum Gasteiger partial charge on any atom is 0.343 e. The maximum absolute atomic E-state index is 12.3. The second kappa shape index (κ2) is 8.93. The van der Waals surface area contributed by atoms with Crippen LogP contribution in [0.1, 0.15) is 17.3 Å². The summed E-state index contributed by atoms with van der Waals surface area (Å²) < 4.78 is 9.74. The fraction of sp³-hybridized carbons (Fsp3) is 0.235. The van der Waals surface area contributed by atoms with E-state index in [1.54, 1.807) is 54.4 Å². The van der Waals surface area contributed by atoms with E-state index in [2.05, 4.69) is 15.0 Å². The molecular formula is C17H18N2O4S. The van der Waals surface area contributed by atoms with Crippen LogP contribution in [-0.2, 0) is 9.53 Å². The van der Waals surface area contributed by atoms with Crippen molar-refractivity contribution in [2.75, 3.05) is 24.8 Å². The van der Waals surface area contributed by atoms with E-state index in [1.165, 1.54) is 7.11 Å². The Morgan fingerprint density at radius 2 is 1.96 bits per heavy atom. The third-order valence-electron chi connectivity index (χ3n) is 2.99. The van der Waals surface area contributed by atoms with Crippen LogP contribution in [0.15, 0.2) is 47.6 Å². The molecular weight excluding hydrogens is 328 g/mol. The second-order valence-corrected chi connectivity index (χ2v) is 5.94. The van der Waals surface area contributed by atoms with Gasteiger partial charge in [0, 0.05) is 17.4 Å². The number of pyridine rings is 1. The first-order valence-electron chi connectivity index (χ1n) is 7.32. The Hall–Kier alpha value is -2.54. The SMILES string of the molecule is CCSc1cc(C(=O)Nc2ccc(OCC(=O)OC)cc2)ccn1. The summed E-state index contributed by atoms with van der Waals surface area (Å²) in [5.41, 5.74) is 1.18. The first-order chi connectivity index (χ1) is 11.6. The Kier molecular flexibility index (Phi) is 6.62. The lowest BCUT2D eigenvalue weighted by Gasteiger charge is -2.08. The molecule has 2 rings (SSSR count). The molecule has 1 heterocycles. The van der Waals surface area contributed by atoms with Crippen molar-refractivity contribution in [3.05, 3.63) is 48.2 Å². The molecule has 1 aromatic carbocycles. The van der Waals surface area contributed by atoms with Gasteiger partial charge in [-0.25, -0.2) is 9.78 Å². The summed E-state index contributed by atoms with van der Waals surface area (Å²) >= 11 is 1.58. The lowest BCUT2D eigenvalue weighted by atomic mass is 10.2. The predicted octanol–water partition coefficient (Wildman–Crippen LogP) is 3.00. The highest BCUT2D eigenvalue weighted by atomic mass is 32.2. The summed E-state index contributed by atoms with van der Waals surface area (Å²) in [6.45, 7) is 1.88. The number of aromatic nitrogens is 1. The van der Waals surface area contributed by atoms with Crippen molar-refractivity contribution in [2.24, 2.45) is 0 Å². The van der Waals surface area contributed by atoms with E-state index < -0.39 is 5.97 Å². The van der Waals surface area contributed by atoms with Crippen LogP contribution in [-0.4, -0.2) is 36.3 Å². The second-order valence-electron chi connectivity index (χ2n) is 4.66. The van der Waals surface area contributed by atoms with E-state index in [4.69, 9.17) is 4.74 Å². The van der Waals surface area contributed by atoms with Crippen LogP contribution in [0.5, 0.6) is 5.75 Å².